The lowest BCUT2D eigenvalue weighted by Gasteiger charge is -2.08. The average Bonchev–Trinajstić information content (AvgIpc) is 2.14. The van der Waals surface area contributed by atoms with E-state index in [0.29, 0.717) is 5.78 Å². The molecule has 0 aromatic heterocycles. The van der Waals surface area contributed by atoms with Crippen LogP contribution in [-0.2, 0) is 4.79 Å². The van der Waals surface area contributed by atoms with Crippen LogP contribution in [0.1, 0.15) is 58.8 Å². The number of carbonyl (C=O) groups excluding carboxylic acids is 1. The Morgan fingerprint density at radius 2 is 1.77 bits per heavy atom. The fourth-order valence-electron chi connectivity index (χ4n) is 1.36. The number of unbranched alkanes of at least 4 members (excludes halogenated alkanes) is 3. The molecular formula is C12H23O. The normalized spacial score (nSPS) is 12.8. The molecule has 0 aromatic rings. The van der Waals surface area contributed by atoms with E-state index in [2.05, 4.69) is 20.8 Å². The molecule has 0 bridgehead atoms. The molecule has 0 N–H and O–H groups in total. The van der Waals surface area contributed by atoms with Crippen molar-refractivity contribution in [2.24, 2.45) is 5.92 Å². The third-order valence-corrected chi connectivity index (χ3v) is 2.39. The molecular weight excluding hydrogens is 160 g/mol. The van der Waals surface area contributed by atoms with E-state index in [1.165, 1.54) is 12.8 Å². The molecule has 0 aliphatic heterocycles. The molecule has 1 nitrogen and oxygen atoms in total. The summed E-state index contributed by atoms with van der Waals surface area (Å²) >= 11 is 0. The largest absolute Gasteiger partial charge is 0.299 e. The molecule has 0 spiro atoms. The second-order valence-corrected chi connectivity index (χ2v) is 3.76. The van der Waals surface area contributed by atoms with Gasteiger partial charge in [0.1, 0.15) is 5.78 Å². The highest BCUT2D eigenvalue weighted by Crippen LogP contribution is 2.12. The molecule has 1 unspecified atom stereocenters. The van der Waals surface area contributed by atoms with Gasteiger partial charge in [0.15, 0.2) is 0 Å². The highest BCUT2D eigenvalue weighted by molar-refractivity contribution is 5.81. The lowest BCUT2D eigenvalue weighted by atomic mass is 9.96. The van der Waals surface area contributed by atoms with E-state index in [1.54, 1.807) is 0 Å². The Bertz CT molecular complexity index is 129. The van der Waals surface area contributed by atoms with Crippen LogP contribution in [-0.4, -0.2) is 5.78 Å². The van der Waals surface area contributed by atoms with Crippen LogP contribution in [0.2, 0.25) is 0 Å². The first-order chi connectivity index (χ1) is 6.22. The number of Topliss-reactive ketones (excluding diaryl/α,β-unsaturated/α-hetero) is 1. The van der Waals surface area contributed by atoms with Crippen molar-refractivity contribution in [3.63, 3.8) is 0 Å². The molecule has 13 heavy (non-hydrogen) atoms. The Balaban J connectivity index is 3.45. The zero-order chi connectivity index (χ0) is 10.1. The minimum atomic E-state index is 0.0526. The van der Waals surface area contributed by atoms with E-state index in [9.17, 15) is 4.79 Å². The molecule has 77 valence electrons. The number of rotatable bonds is 8. The SMILES string of the molecule is [CH2]C(CCCC)C(=O)CCCCC. The first-order valence-electron chi connectivity index (χ1n) is 5.58. The predicted octanol–water partition coefficient (Wildman–Crippen LogP) is 3.78. The maximum Gasteiger partial charge on any atom is 0.135 e. The summed E-state index contributed by atoms with van der Waals surface area (Å²) in [4.78, 5) is 11.5. The van der Waals surface area contributed by atoms with Gasteiger partial charge in [-0.05, 0) is 19.8 Å². The summed E-state index contributed by atoms with van der Waals surface area (Å²) in [6.45, 7) is 8.21. The summed E-state index contributed by atoms with van der Waals surface area (Å²) in [5, 5.41) is 0. The molecule has 0 aliphatic carbocycles. The van der Waals surface area contributed by atoms with E-state index in [1.807, 2.05) is 0 Å². The van der Waals surface area contributed by atoms with Gasteiger partial charge in [-0.2, -0.15) is 0 Å². The minimum absolute atomic E-state index is 0.0526. The van der Waals surface area contributed by atoms with Crippen molar-refractivity contribution in [3.8, 4) is 0 Å². The first-order valence-corrected chi connectivity index (χ1v) is 5.58. The van der Waals surface area contributed by atoms with Gasteiger partial charge in [0.25, 0.3) is 0 Å². The van der Waals surface area contributed by atoms with Gasteiger partial charge in [-0.15, -0.1) is 0 Å². The van der Waals surface area contributed by atoms with E-state index in [0.717, 1.165) is 32.1 Å². The summed E-state index contributed by atoms with van der Waals surface area (Å²) in [5.74, 6) is 0.415. The standard InChI is InChI=1S/C12H23O/c1-4-6-8-10-12(13)11(3)9-7-5-2/h11H,3-10H2,1-2H3. The molecule has 0 saturated carbocycles. The van der Waals surface area contributed by atoms with Crippen molar-refractivity contribution in [1.29, 1.82) is 0 Å². The summed E-state index contributed by atoms with van der Waals surface area (Å²) in [6, 6.07) is 0. The molecule has 0 aliphatic rings. The van der Waals surface area contributed by atoms with Gasteiger partial charge in [0.2, 0.25) is 0 Å². The highest BCUT2D eigenvalue weighted by Gasteiger charge is 2.10. The van der Waals surface area contributed by atoms with Crippen LogP contribution in [0, 0.1) is 12.8 Å². The highest BCUT2D eigenvalue weighted by atomic mass is 16.1. The topological polar surface area (TPSA) is 17.1 Å². The van der Waals surface area contributed by atoms with Crippen LogP contribution in [0.15, 0.2) is 0 Å². The van der Waals surface area contributed by atoms with Gasteiger partial charge < -0.3 is 0 Å². The number of ketones is 1. The van der Waals surface area contributed by atoms with Crippen molar-refractivity contribution in [3.05, 3.63) is 6.92 Å². The Morgan fingerprint density at radius 1 is 1.15 bits per heavy atom. The van der Waals surface area contributed by atoms with E-state index in [4.69, 9.17) is 0 Å². The van der Waals surface area contributed by atoms with E-state index < -0.39 is 0 Å². The first kappa shape index (κ1) is 12.7. The second kappa shape index (κ2) is 8.28. The lowest BCUT2D eigenvalue weighted by Crippen LogP contribution is -2.10. The van der Waals surface area contributed by atoms with Crippen LogP contribution in [0.4, 0.5) is 0 Å². The quantitative estimate of drug-likeness (QED) is 0.523. The van der Waals surface area contributed by atoms with Gasteiger partial charge in [-0.3, -0.25) is 4.79 Å². The number of carbonyl (C=O) groups is 1. The fraction of sp³-hybridized carbons (Fsp3) is 0.833. The summed E-state index contributed by atoms with van der Waals surface area (Å²) in [7, 11) is 0. The molecule has 0 aromatic carbocycles. The van der Waals surface area contributed by atoms with Crippen molar-refractivity contribution in [1.82, 2.24) is 0 Å². The van der Waals surface area contributed by atoms with Crippen LogP contribution < -0.4 is 0 Å². The van der Waals surface area contributed by atoms with Gasteiger partial charge in [0, 0.05) is 12.3 Å². The molecule has 0 saturated heterocycles. The van der Waals surface area contributed by atoms with E-state index in [-0.39, 0.29) is 5.92 Å². The van der Waals surface area contributed by atoms with Gasteiger partial charge in [-0.1, -0.05) is 39.5 Å². The molecule has 0 rings (SSSR count). The lowest BCUT2D eigenvalue weighted by molar-refractivity contribution is -0.121. The Morgan fingerprint density at radius 3 is 2.31 bits per heavy atom. The molecule has 0 fully saturated rings. The molecule has 0 amide bonds. The number of hydrogen-bond donors (Lipinski definition) is 0. The smallest absolute Gasteiger partial charge is 0.135 e. The summed E-state index contributed by atoms with van der Waals surface area (Å²) < 4.78 is 0. The van der Waals surface area contributed by atoms with Crippen molar-refractivity contribution in [2.45, 2.75) is 58.8 Å². The van der Waals surface area contributed by atoms with Crippen LogP contribution in [0.5, 0.6) is 0 Å². The second-order valence-electron chi connectivity index (χ2n) is 3.76. The molecule has 0 heterocycles. The Kier molecular flexibility index (Phi) is 8.07. The maximum atomic E-state index is 11.5. The molecule has 1 atom stereocenters. The van der Waals surface area contributed by atoms with Gasteiger partial charge in [-0.25, -0.2) is 0 Å². The number of hydrogen-bond acceptors (Lipinski definition) is 1. The summed E-state index contributed by atoms with van der Waals surface area (Å²) in [5.41, 5.74) is 0. The van der Waals surface area contributed by atoms with Gasteiger partial charge >= 0.3 is 0 Å². The van der Waals surface area contributed by atoms with Crippen molar-refractivity contribution < 1.29 is 4.79 Å². The fourth-order valence-corrected chi connectivity index (χ4v) is 1.36. The average molecular weight is 183 g/mol. The third kappa shape index (κ3) is 6.80. The zero-order valence-corrected chi connectivity index (χ0v) is 9.14. The van der Waals surface area contributed by atoms with Gasteiger partial charge in [0.05, 0.1) is 0 Å². The summed E-state index contributed by atoms with van der Waals surface area (Å²) in [6.07, 6.45) is 7.42. The van der Waals surface area contributed by atoms with E-state index >= 15 is 0 Å². The Hall–Kier alpha value is -0.330. The predicted molar refractivity (Wildman–Crippen MR) is 57.5 cm³/mol. The van der Waals surface area contributed by atoms with Crippen LogP contribution >= 0.6 is 0 Å². The van der Waals surface area contributed by atoms with Crippen LogP contribution in [0.25, 0.3) is 0 Å². The third-order valence-electron chi connectivity index (χ3n) is 2.39. The maximum absolute atomic E-state index is 11.5. The Labute approximate surface area is 82.9 Å². The zero-order valence-electron chi connectivity index (χ0n) is 9.14. The molecule has 1 radical (unpaired) electrons. The van der Waals surface area contributed by atoms with Crippen LogP contribution in [0.3, 0.4) is 0 Å². The molecule has 1 heteroatoms. The van der Waals surface area contributed by atoms with Crippen molar-refractivity contribution >= 4 is 5.78 Å². The minimum Gasteiger partial charge on any atom is -0.299 e. The monoisotopic (exact) mass is 183 g/mol. The van der Waals surface area contributed by atoms with Crippen molar-refractivity contribution in [2.75, 3.05) is 0 Å².